The average molecular weight is 318 g/mol. The molecule has 22 heavy (non-hydrogen) atoms. The quantitative estimate of drug-likeness (QED) is 0.813. The number of hydrogen-bond acceptors (Lipinski definition) is 4. The van der Waals surface area contributed by atoms with Gasteiger partial charge >= 0.3 is 12.1 Å². The molecule has 4 nitrogen and oxygen atoms in total. The first-order valence-corrected chi connectivity index (χ1v) is 7.48. The Morgan fingerprint density at radius 3 is 2.55 bits per heavy atom. The van der Waals surface area contributed by atoms with E-state index in [9.17, 15) is 18.0 Å². The molecule has 0 aromatic carbocycles. The third kappa shape index (κ3) is 3.75. The number of halogens is 3. The van der Waals surface area contributed by atoms with Crippen molar-refractivity contribution in [1.82, 2.24) is 4.90 Å². The Kier molecular flexibility index (Phi) is 5.03. The number of likely N-dealkylation sites (tertiary alicyclic amines) is 1. The summed E-state index contributed by atoms with van der Waals surface area (Å²) in [6.07, 6.45) is -0.570. The summed E-state index contributed by atoms with van der Waals surface area (Å²) < 4.78 is 43.1. The summed E-state index contributed by atoms with van der Waals surface area (Å²) >= 11 is 0. The van der Waals surface area contributed by atoms with E-state index in [-0.39, 0.29) is 24.0 Å². The van der Waals surface area contributed by atoms with Crippen LogP contribution < -0.4 is 5.73 Å². The first-order chi connectivity index (χ1) is 10.3. The summed E-state index contributed by atoms with van der Waals surface area (Å²) in [6.45, 7) is 3.32. The number of nitrogens with zero attached hydrogens (tertiary/aromatic N) is 1. The van der Waals surface area contributed by atoms with Crippen LogP contribution in [0.25, 0.3) is 0 Å². The molecule has 1 saturated heterocycles. The standard InChI is InChI=1S/C15H21F3N2O2/c1-2-22-14(21)10-5-7-20(8-6-10)13-4-3-11(9-12(13)19)15(16,17)18/h3-4,10-11H,2,5-9,19H2,1H3. The van der Waals surface area contributed by atoms with Crippen LogP contribution in [0.3, 0.4) is 0 Å². The number of rotatable bonds is 3. The molecule has 0 aromatic heterocycles. The van der Waals surface area contributed by atoms with Crippen LogP contribution in [0.1, 0.15) is 26.2 Å². The SMILES string of the molecule is CCOC(=O)C1CCN(C2=C(N)CC(C(F)(F)F)C=C2)CC1. The molecule has 0 radical (unpaired) electrons. The fourth-order valence-corrected chi connectivity index (χ4v) is 2.87. The predicted octanol–water partition coefficient (Wildman–Crippen LogP) is 2.57. The van der Waals surface area contributed by atoms with Gasteiger partial charge in [0.1, 0.15) is 0 Å². The number of ether oxygens (including phenoxy) is 1. The molecule has 0 bridgehead atoms. The van der Waals surface area contributed by atoms with Gasteiger partial charge in [0, 0.05) is 25.2 Å². The lowest BCUT2D eigenvalue weighted by atomic mass is 9.93. The molecular formula is C15H21F3N2O2. The number of piperidine rings is 1. The van der Waals surface area contributed by atoms with Crippen molar-refractivity contribution in [2.24, 2.45) is 17.6 Å². The minimum atomic E-state index is -4.26. The highest BCUT2D eigenvalue weighted by Gasteiger charge is 2.40. The molecule has 2 rings (SSSR count). The molecule has 1 heterocycles. The first kappa shape index (κ1) is 16.7. The van der Waals surface area contributed by atoms with E-state index in [4.69, 9.17) is 10.5 Å². The van der Waals surface area contributed by atoms with Crippen molar-refractivity contribution in [3.63, 3.8) is 0 Å². The number of esters is 1. The second-order valence-electron chi connectivity index (χ2n) is 5.64. The summed E-state index contributed by atoms with van der Waals surface area (Å²) in [5, 5.41) is 0. The van der Waals surface area contributed by atoms with E-state index >= 15 is 0 Å². The summed E-state index contributed by atoms with van der Waals surface area (Å²) in [6, 6.07) is 0. The molecule has 1 unspecified atom stereocenters. The summed E-state index contributed by atoms with van der Waals surface area (Å²) in [5.41, 5.74) is 6.75. The van der Waals surface area contributed by atoms with Gasteiger partial charge < -0.3 is 15.4 Å². The maximum absolute atomic E-state index is 12.7. The van der Waals surface area contributed by atoms with E-state index in [0.717, 1.165) is 0 Å². The second kappa shape index (κ2) is 6.62. The third-order valence-electron chi connectivity index (χ3n) is 4.13. The fraction of sp³-hybridized carbons (Fsp3) is 0.667. The predicted molar refractivity (Wildman–Crippen MR) is 75.4 cm³/mol. The van der Waals surface area contributed by atoms with Crippen molar-refractivity contribution in [2.45, 2.75) is 32.4 Å². The van der Waals surface area contributed by atoms with Crippen molar-refractivity contribution in [3.8, 4) is 0 Å². The highest BCUT2D eigenvalue weighted by molar-refractivity contribution is 5.72. The monoisotopic (exact) mass is 318 g/mol. The van der Waals surface area contributed by atoms with Gasteiger partial charge in [-0.2, -0.15) is 13.2 Å². The lowest BCUT2D eigenvalue weighted by molar-refractivity contribution is -0.161. The molecule has 0 amide bonds. The Balaban J connectivity index is 1.95. The molecule has 2 aliphatic rings. The van der Waals surface area contributed by atoms with E-state index in [2.05, 4.69) is 0 Å². The zero-order valence-electron chi connectivity index (χ0n) is 12.5. The number of carbonyl (C=O) groups is 1. The summed E-state index contributed by atoms with van der Waals surface area (Å²) in [7, 11) is 0. The Labute approximate surface area is 127 Å². The lowest BCUT2D eigenvalue weighted by Crippen LogP contribution is -2.38. The van der Waals surface area contributed by atoms with E-state index in [0.29, 0.717) is 38.2 Å². The second-order valence-corrected chi connectivity index (χ2v) is 5.64. The van der Waals surface area contributed by atoms with Gasteiger partial charge in [-0.1, -0.05) is 6.08 Å². The van der Waals surface area contributed by atoms with Gasteiger partial charge in [0.2, 0.25) is 0 Å². The molecule has 1 aliphatic heterocycles. The largest absolute Gasteiger partial charge is 0.466 e. The average Bonchev–Trinajstić information content (AvgIpc) is 2.46. The van der Waals surface area contributed by atoms with Crippen LogP contribution in [0, 0.1) is 11.8 Å². The smallest absolute Gasteiger partial charge is 0.395 e. The van der Waals surface area contributed by atoms with Crippen molar-refractivity contribution < 1.29 is 22.7 Å². The van der Waals surface area contributed by atoms with E-state index in [1.807, 2.05) is 4.90 Å². The van der Waals surface area contributed by atoms with Gasteiger partial charge in [0.15, 0.2) is 0 Å². The van der Waals surface area contributed by atoms with Crippen LogP contribution in [0.15, 0.2) is 23.5 Å². The van der Waals surface area contributed by atoms with E-state index in [1.165, 1.54) is 12.2 Å². The first-order valence-electron chi connectivity index (χ1n) is 7.48. The number of alkyl halides is 3. The molecule has 1 atom stereocenters. The normalized spacial score (nSPS) is 23.8. The highest BCUT2D eigenvalue weighted by atomic mass is 19.4. The zero-order chi connectivity index (χ0) is 16.3. The molecule has 0 spiro atoms. The van der Waals surface area contributed by atoms with Crippen LogP contribution in [0.5, 0.6) is 0 Å². The van der Waals surface area contributed by atoms with E-state index < -0.39 is 12.1 Å². The van der Waals surface area contributed by atoms with Crippen LogP contribution >= 0.6 is 0 Å². The highest BCUT2D eigenvalue weighted by Crippen LogP contribution is 2.36. The number of hydrogen-bond donors (Lipinski definition) is 1. The van der Waals surface area contributed by atoms with Gasteiger partial charge in [-0.05, 0) is 25.8 Å². The summed E-state index contributed by atoms with van der Waals surface area (Å²) in [5.74, 6) is -1.83. The zero-order valence-corrected chi connectivity index (χ0v) is 12.5. The minimum Gasteiger partial charge on any atom is -0.466 e. The third-order valence-corrected chi connectivity index (χ3v) is 4.13. The summed E-state index contributed by atoms with van der Waals surface area (Å²) in [4.78, 5) is 13.6. The van der Waals surface area contributed by atoms with Crippen molar-refractivity contribution >= 4 is 5.97 Å². The van der Waals surface area contributed by atoms with Crippen molar-refractivity contribution in [2.75, 3.05) is 19.7 Å². The Morgan fingerprint density at radius 2 is 2.05 bits per heavy atom. The van der Waals surface area contributed by atoms with Crippen LogP contribution in [0.4, 0.5) is 13.2 Å². The maximum Gasteiger partial charge on any atom is 0.395 e. The number of allylic oxidation sites excluding steroid dienone is 3. The molecule has 0 aromatic rings. The van der Waals surface area contributed by atoms with Crippen molar-refractivity contribution in [3.05, 3.63) is 23.5 Å². The molecule has 0 saturated carbocycles. The van der Waals surface area contributed by atoms with Crippen molar-refractivity contribution in [1.29, 1.82) is 0 Å². The maximum atomic E-state index is 12.7. The topological polar surface area (TPSA) is 55.6 Å². The minimum absolute atomic E-state index is 0.131. The van der Waals surface area contributed by atoms with Gasteiger partial charge in [-0.25, -0.2) is 0 Å². The van der Waals surface area contributed by atoms with Gasteiger partial charge in [0.25, 0.3) is 0 Å². The lowest BCUT2D eigenvalue weighted by Gasteiger charge is -2.35. The van der Waals surface area contributed by atoms with Gasteiger partial charge in [0.05, 0.1) is 24.1 Å². The molecular weight excluding hydrogens is 297 g/mol. The molecule has 1 fully saturated rings. The number of nitrogens with two attached hydrogens (primary N) is 1. The van der Waals surface area contributed by atoms with Crippen LogP contribution in [0.2, 0.25) is 0 Å². The van der Waals surface area contributed by atoms with E-state index in [1.54, 1.807) is 6.92 Å². The molecule has 2 N–H and O–H groups in total. The Bertz CT molecular complexity index is 478. The van der Waals surface area contributed by atoms with Crippen LogP contribution in [-0.2, 0) is 9.53 Å². The molecule has 1 aliphatic carbocycles. The van der Waals surface area contributed by atoms with Crippen LogP contribution in [-0.4, -0.2) is 36.7 Å². The van der Waals surface area contributed by atoms with Gasteiger partial charge in [-0.15, -0.1) is 0 Å². The molecule has 7 heteroatoms. The van der Waals surface area contributed by atoms with Gasteiger partial charge in [-0.3, -0.25) is 4.79 Å². The number of carbonyl (C=O) groups excluding carboxylic acids is 1. The fourth-order valence-electron chi connectivity index (χ4n) is 2.87. The Morgan fingerprint density at radius 1 is 1.41 bits per heavy atom. The molecule has 124 valence electrons. The Hall–Kier alpha value is -1.66.